The number of nitrogens with two attached hydrogens (primary N) is 1. The molecule has 0 aliphatic rings. The number of pyridine rings is 1. The van der Waals surface area contributed by atoms with Crippen LogP contribution in [0.15, 0.2) is 41.4 Å². The molecule has 0 saturated heterocycles. The Morgan fingerprint density at radius 1 is 1.33 bits per heavy atom. The summed E-state index contributed by atoms with van der Waals surface area (Å²) in [7, 11) is -3.63. The van der Waals surface area contributed by atoms with Gasteiger partial charge in [-0.15, -0.1) is 0 Å². The Kier molecular flexibility index (Phi) is 4.82. The van der Waals surface area contributed by atoms with Crippen LogP contribution in [0.2, 0.25) is 5.02 Å². The van der Waals surface area contributed by atoms with Crippen LogP contribution in [0.4, 0.5) is 5.82 Å². The second-order valence-corrected chi connectivity index (χ2v) is 6.85. The van der Waals surface area contributed by atoms with Crippen LogP contribution in [0.1, 0.15) is 11.1 Å². The van der Waals surface area contributed by atoms with Gasteiger partial charge in [0.2, 0.25) is 10.0 Å². The number of hydrogen-bond donors (Lipinski definition) is 2. The Morgan fingerprint density at radius 2 is 2.10 bits per heavy atom. The molecule has 112 valence electrons. The molecular weight excluding hydrogens is 310 g/mol. The summed E-state index contributed by atoms with van der Waals surface area (Å²) in [5.41, 5.74) is 7.68. The molecular formula is C14H16ClN3O2S. The van der Waals surface area contributed by atoms with E-state index in [2.05, 4.69) is 9.71 Å². The summed E-state index contributed by atoms with van der Waals surface area (Å²) in [6.07, 6.45) is 1.80. The maximum absolute atomic E-state index is 12.1. The normalized spacial score (nSPS) is 11.5. The third kappa shape index (κ3) is 4.17. The van der Waals surface area contributed by atoms with Crippen molar-refractivity contribution >= 4 is 27.4 Å². The minimum Gasteiger partial charge on any atom is -0.382 e. The molecule has 0 spiro atoms. The van der Waals surface area contributed by atoms with Crippen LogP contribution in [0.5, 0.6) is 0 Å². The Labute approximate surface area is 129 Å². The highest BCUT2D eigenvalue weighted by Gasteiger charge is 2.15. The second-order valence-electron chi connectivity index (χ2n) is 4.67. The van der Waals surface area contributed by atoms with Crippen molar-refractivity contribution in [3.63, 3.8) is 0 Å². The minimum atomic E-state index is -3.63. The molecule has 0 amide bonds. The zero-order valence-corrected chi connectivity index (χ0v) is 13.1. The molecule has 0 atom stereocenters. The third-order valence-electron chi connectivity index (χ3n) is 2.94. The van der Waals surface area contributed by atoms with E-state index < -0.39 is 10.0 Å². The number of benzene rings is 1. The highest BCUT2D eigenvalue weighted by atomic mass is 35.5. The summed E-state index contributed by atoms with van der Waals surface area (Å²) in [6, 6.07) is 9.22. The first-order chi connectivity index (χ1) is 9.88. The van der Waals surface area contributed by atoms with Crippen LogP contribution >= 0.6 is 11.6 Å². The molecule has 1 aromatic carbocycles. The molecule has 0 radical (unpaired) electrons. The largest absolute Gasteiger partial charge is 0.382 e. The van der Waals surface area contributed by atoms with Crippen molar-refractivity contribution in [2.45, 2.75) is 18.2 Å². The molecule has 0 saturated carbocycles. The first kappa shape index (κ1) is 15.8. The van der Waals surface area contributed by atoms with Crippen molar-refractivity contribution in [2.75, 3.05) is 12.3 Å². The van der Waals surface area contributed by atoms with Crippen molar-refractivity contribution in [1.82, 2.24) is 9.71 Å². The van der Waals surface area contributed by atoms with E-state index in [9.17, 15) is 8.42 Å². The number of sulfonamides is 1. The fourth-order valence-electron chi connectivity index (χ4n) is 1.86. The topological polar surface area (TPSA) is 85.1 Å². The first-order valence-electron chi connectivity index (χ1n) is 6.35. The quantitative estimate of drug-likeness (QED) is 0.882. The Hall–Kier alpha value is -1.63. The molecule has 0 aliphatic heterocycles. The number of anilines is 1. The lowest BCUT2D eigenvalue weighted by Gasteiger charge is -2.08. The molecule has 1 heterocycles. The fourth-order valence-corrected chi connectivity index (χ4v) is 3.09. The summed E-state index contributed by atoms with van der Waals surface area (Å²) in [6.45, 7) is 2.30. The number of halogens is 1. The van der Waals surface area contributed by atoms with Crippen molar-refractivity contribution in [1.29, 1.82) is 0 Å². The maximum atomic E-state index is 12.1. The number of aromatic nitrogens is 1. The van der Waals surface area contributed by atoms with Gasteiger partial charge in [-0.25, -0.2) is 18.1 Å². The predicted molar refractivity (Wildman–Crippen MR) is 83.7 cm³/mol. The van der Waals surface area contributed by atoms with Gasteiger partial charge >= 0.3 is 0 Å². The van der Waals surface area contributed by atoms with E-state index in [4.69, 9.17) is 17.3 Å². The van der Waals surface area contributed by atoms with Gasteiger partial charge in [0.05, 0.1) is 5.02 Å². The molecule has 0 unspecified atom stereocenters. The highest BCUT2D eigenvalue weighted by Crippen LogP contribution is 2.19. The zero-order valence-electron chi connectivity index (χ0n) is 11.5. The second kappa shape index (κ2) is 6.43. The van der Waals surface area contributed by atoms with Gasteiger partial charge in [-0.05, 0) is 25.0 Å². The number of nitrogens with one attached hydrogen (secondary N) is 1. The Morgan fingerprint density at radius 3 is 2.76 bits per heavy atom. The van der Waals surface area contributed by atoms with E-state index in [-0.39, 0.29) is 15.7 Å². The summed E-state index contributed by atoms with van der Waals surface area (Å²) in [5, 5.41) is 0.122. The van der Waals surface area contributed by atoms with Gasteiger partial charge in [0.25, 0.3) is 0 Å². The lowest BCUT2D eigenvalue weighted by molar-refractivity contribution is 0.581. The van der Waals surface area contributed by atoms with E-state index in [1.54, 1.807) is 0 Å². The van der Waals surface area contributed by atoms with Gasteiger partial charge in [0.1, 0.15) is 10.7 Å². The SMILES string of the molecule is Cc1cccc(CCNS(=O)(=O)c2cnc(N)c(Cl)c2)c1. The maximum Gasteiger partial charge on any atom is 0.242 e. The van der Waals surface area contributed by atoms with Gasteiger partial charge in [0.15, 0.2) is 0 Å². The summed E-state index contributed by atoms with van der Waals surface area (Å²) < 4.78 is 26.7. The molecule has 2 aromatic rings. The van der Waals surface area contributed by atoms with E-state index >= 15 is 0 Å². The zero-order chi connectivity index (χ0) is 15.5. The van der Waals surface area contributed by atoms with Crippen LogP contribution in [-0.2, 0) is 16.4 Å². The molecule has 21 heavy (non-hydrogen) atoms. The van der Waals surface area contributed by atoms with Crippen molar-refractivity contribution < 1.29 is 8.42 Å². The van der Waals surface area contributed by atoms with E-state index in [1.165, 1.54) is 12.3 Å². The number of nitrogens with zero attached hydrogens (tertiary/aromatic N) is 1. The van der Waals surface area contributed by atoms with Crippen LogP contribution < -0.4 is 10.5 Å². The van der Waals surface area contributed by atoms with Gasteiger partial charge in [-0.2, -0.15) is 0 Å². The first-order valence-corrected chi connectivity index (χ1v) is 8.21. The number of aryl methyl sites for hydroxylation is 1. The predicted octanol–water partition coefficient (Wildman–Crippen LogP) is 2.15. The van der Waals surface area contributed by atoms with E-state index in [0.717, 1.165) is 11.1 Å². The number of rotatable bonds is 5. The van der Waals surface area contributed by atoms with Gasteiger partial charge < -0.3 is 5.73 Å². The number of hydrogen-bond acceptors (Lipinski definition) is 4. The Bertz CT molecular complexity index is 748. The molecule has 0 aliphatic carbocycles. The van der Waals surface area contributed by atoms with Crippen LogP contribution in [-0.4, -0.2) is 19.9 Å². The molecule has 2 rings (SSSR count). The van der Waals surface area contributed by atoms with E-state index in [1.807, 2.05) is 31.2 Å². The van der Waals surface area contributed by atoms with Gasteiger partial charge in [0, 0.05) is 12.7 Å². The van der Waals surface area contributed by atoms with Gasteiger partial charge in [-0.3, -0.25) is 0 Å². The third-order valence-corrected chi connectivity index (χ3v) is 4.67. The minimum absolute atomic E-state index is 0.00550. The molecule has 5 nitrogen and oxygen atoms in total. The van der Waals surface area contributed by atoms with Crippen LogP contribution in [0, 0.1) is 6.92 Å². The van der Waals surface area contributed by atoms with Crippen LogP contribution in [0.25, 0.3) is 0 Å². The average molecular weight is 326 g/mol. The standard InChI is InChI=1S/C14H16ClN3O2S/c1-10-3-2-4-11(7-10)5-6-18-21(19,20)12-8-13(15)14(16)17-9-12/h2-4,7-9,18H,5-6H2,1H3,(H2,16,17). The lowest BCUT2D eigenvalue weighted by Crippen LogP contribution is -2.26. The molecule has 7 heteroatoms. The summed E-state index contributed by atoms with van der Waals surface area (Å²) in [5.74, 6) is 0.107. The summed E-state index contributed by atoms with van der Waals surface area (Å²) >= 11 is 5.79. The molecule has 1 aromatic heterocycles. The average Bonchev–Trinajstić information content (AvgIpc) is 2.41. The smallest absolute Gasteiger partial charge is 0.242 e. The van der Waals surface area contributed by atoms with Crippen LogP contribution in [0.3, 0.4) is 0 Å². The molecule has 3 N–H and O–H groups in total. The lowest BCUT2D eigenvalue weighted by atomic mass is 10.1. The monoisotopic (exact) mass is 325 g/mol. The van der Waals surface area contributed by atoms with Crippen molar-refractivity contribution in [2.24, 2.45) is 0 Å². The highest BCUT2D eigenvalue weighted by molar-refractivity contribution is 7.89. The molecule has 0 bridgehead atoms. The van der Waals surface area contributed by atoms with Crippen molar-refractivity contribution in [3.8, 4) is 0 Å². The summed E-state index contributed by atoms with van der Waals surface area (Å²) in [4.78, 5) is 3.75. The fraction of sp³-hybridized carbons (Fsp3) is 0.214. The van der Waals surface area contributed by atoms with Crippen molar-refractivity contribution in [3.05, 3.63) is 52.7 Å². The molecule has 0 fully saturated rings. The van der Waals surface area contributed by atoms with Gasteiger partial charge in [-0.1, -0.05) is 41.4 Å². The Balaban J connectivity index is 2.03. The van der Waals surface area contributed by atoms with E-state index in [0.29, 0.717) is 13.0 Å². The number of nitrogen functional groups attached to an aromatic ring is 1.